The number of halogens is 2. The fourth-order valence-corrected chi connectivity index (χ4v) is 4.32. The van der Waals surface area contributed by atoms with Crippen molar-refractivity contribution in [3.05, 3.63) is 64.6 Å². The van der Waals surface area contributed by atoms with Gasteiger partial charge in [0.05, 0.1) is 11.1 Å². The summed E-state index contributed by atoms with van der Waals surface area (Å²) in [4.78, 5) is 23.8. The van der Waals surface area contributed by atoms with Crippen molar-refractivity contribution in [3.8, 4) is 11.1 Å². The zero-order valence-electron chi connectivity index (χ0n) is 15.0. The highest BCUT2D eigenvalue weighted by atomic mass is 35.5. The van der Waals surface area contributed by atoms with E-state index < -0.39 is 5.54 Å². The molecule has 4 nitrogen and oxygen atoms in total. The van der Waals surface area contributed by atoms with Gasteiger partial charge in [0, 0.05) is 16.5 Å². The Labute approximate surface area is 167 Å². The average molecular weight is 400 g/mol. The summed E-state index contributed by atoms with van der Waals surface area (Å²) in [6.07, 6.45) is 3.18. The zero-order chi connectivity index (χ0) is 19.9. The molecule has 0 atom stereocenters. The number of hydrogen-bond donors (Lipinski definition) is 2. The maximum absolute atomic E-state index is 13.2. The Bertz CT molecular complexity index is 976. The fourth-order valence-electron chi connectivity index (χ4n) is 4.11. The second-order valence-electron chi connectivity index (χ2n) is 7.43. The van der Waals surface area contributed by atoms with Gasteiger partial charge < -0.3 is 15.2 Å². The molecule has 1 aliphatic carbocycles. The van der Waals surface area contributed by atoms with E-state index in [1.165, 1.54) is 12.1 Å². The molecule has 1 aliphatic heterocycles. The normalized spacial score (nSPS) is 24.5. The van der Waals surface area contributed by atoms with Crippen LogP contribution >= 0.6 is 11.6 Å². The van der Waals surface area contributed by atoms with Crippen molar-refractivity contribution in [1.29, 1.82) is 0 Å². The monoisotopic (exact) mass is 399 g/mol. The maximum atomic E-state index is 13.2. The van der Waals surface area contributed by atoms with E-state index in [0.717, 1.165) is 17.4 Å². The second-order valence-corrected chi connectivity index (χ2v) is 7.84. The van der Waals surface area contributed by atoms with Crippen molar-refractivity contribution in [2.75, 3.05) is 0 Å². The summed E-state index contributed by atoms with van der Waals surface area (Å²) in [5.74, 6) is -0.758. The number of aliphatic hydroxyl groups is 1. The second kappa shape index (κ2) is 7.06. The number of benzene rings is 2. The van der Waals surface area contributed by atoms with Crippen LogP contribution in [-0.4, -0.2) is 22.8 Å². The highest BCUT2D eigenvalue weighted by molar-refractivity contribution is 6.35. The van der Waals surface area contributed by atoms with Crippen LogP contribution in [0.3, 0.4) is 0 Å². The van der Waals surface area contributed by atoms with Crippen molar-refractivity contribution < 1.29 is 19.1 Å². The maximum Gasteiger partial charge on any atom is 0.256 e. The summed E-state index contributed by atoms with van der Waals surface area (Å²) in [6.45, 7) is 0. The van der Waals surface area contributed by atoms with Crippen LogP contribution in [0.1, 0.15) is 31.2 Å². The van der Waals surface area contributed by atoms with Gasteiger partial charge in [0.2, 0.25) is 0 Å². The molecule has 6 heteroatoms. The Morgan fingerprint density at radius 2 is 1.75 bits per heavy atom. The van der Waals surface area contributed by atoms with Gasteiger partial charge in [-0.3, -0.25) is 4.79 Å². The molecule has 0 aromatic heterocycles. The molecule has 1 saturated carbocycles. The van der Waals surface area contributed by atoms with Crippen molar-refractivity contribution >= 4 is 29.4 Å². The van der Waals surface area contributed by atoms with Gasteiger partial charge in [0.1, 0.15) is 17.9 Å². The molecule has 1 spiro atoms. The number of carbonyl (C=O) groups is 2. The van der Waals surface area contributed by atoms with Crippen LogP contribution in [0, 0.1) is 11.7 Å². The minimum Gasteiger partial charge on any atom is -0.509 e. The number of nitrogens with one attached hydrogen (secondary N) is 1. The molecule has 28 heavy (non-hydrogen) atoms. The van der Waals surface area contributed by atoms with Gasteiger partial charge in [0.25, 0.3) is 5.91 Å². The summed E-state index contributed by atoms with van der Waals surface area (Å²) in [5.41, 5.74) is 1.31. The lowest BCUT2D eigenvalue weighted by Gasteiger charge is -2.35. The Hall–Kier alpha value is -2.66. The lowest BCUT2D eigenvalue weighted by atomic mass is 9.76. The average Bonchev–Trinajstić information content (AvgIpc) is 2.93. The van der Waals surface area contributed by atoms with Crippen LogP contribution in [0.4, 0.5) is 4.39 Å². The van der Waals surface area contributed by atoms with Crippen molar-refractivity contribution in [1.82, 2.24) is 5.32 Å². The SMILES string of the molecule is O=CC1CCC2(CC1)NC(=O)C(c1cc(-c3ccc(F)cc3)ccc1Cl)=C2O. The van der Waals surface area contributed by atoms with Crippen molar-refractivity contribution in [2.24, 2.45) is 5.92 Å². The van der Waals surface area contributed by atoms with E-state index in [1.54, 1.807) is 30.3 Å². The van der Waals surface area contributed by atoms with Crippen molar-refractivity contribution in [2.45, 2.75) is 31.2 Å². The summed E-state index contributed by atoms with van der Waals surface area (Å²) >= 11 is 6.36. The highest BCUT2D eigenvalue weighted by Crippen LogP contribution is 2.44. The number of aliphatic hydroxyl groups excluding tert-OH is 1. The summed E-state index contributed by atoms with van der Waals surface area (Å²) in [7, 11) is 0. The number of carbonyl (C=O) groups excluding carboxylic acids is 2. The number of rotatable bonds is 3. The number of aldehydes is 1. The summed E-state index contributed by atoms with van der Waals surface area (Å²) in [5, 5.41) is 14.2. The topological polar surface area (TPSA) is 66.4 Å². The molecule has 144 valence electrons. The van der Waals surface area contributed by atoms with E-state index in [4.69, 9.17) is 11.6 Å². The van der Waals surface area contributed by atoms with Gasteiger partial charge in [-0.2, -0.15) is 0 Å². The molecular formula is C22H19ClFNO3. The molecule has 1 fully saturated rings. The largest absolute Gasteiger partial charge is 0.509 e. The number of amides is 1. The molecule has 0 bridgehead atoms. The molecule has 0 unspecified atom stereocenters. The lowest BCUT2D eigenvalue weighted by molar-refractivity contribution is -0.116. The molecule has 1 heterocycles. The first-order chi connectivity index (χ1) is 13.4. The Morgan fingerprint density at radius 1 is 1.11 bits per heavy atom. The number of hydrogen-bond acceptors (Lipinski definition) is 3. The van der Waals surface area contributed by atoms with Crippen LogP contribution in [0.5, 0.6) is 0 Å². The molecule has 0 saturated heterocycles. The summed E-state index contributed by atoms with van der Waals surface area (Å²) in [6, 6.07) is 11.2. The molecule has 0 radical (unpaired) electrons. The third-order valence-electron chi connectivity index (χ3n) is 5.76. The summed E-state index contributed by atoms with van der Waals surface area (Å²) < 4.78 is 13.2. The van der Waals surface area contributed by atoms with E-state index in [1.807, 2.05) is 0 Å². The minimum absolute atomic E-state index is 0.0139. The van der Waals surface area contributed by atoms with Crippen molar-refractivity contribution in [3.63, 3.8) is 0 Å². The predicted octanol–water partition coefficient (Wildman–Crippen LogP) is 4.67. The molecular weight excluding hydrogens is 381 g/mol. The molecule has 2 aromatic rings. The van der Waals surface area contributed by atoms with E-state index >= 15 is 0 Å². The standard InChI is InChI=1S/C22H19ClFNO3/c23-18-6-3-15(14-1-4-16(24)5-2-14)11-17(18)19-20(27)22(25-21(19)28)9-7-13(12-26)8-10-22/h1-6,11-13,27H,7-10H2,(H,25,28). The van der Waals surface area contributed by atoms with Gasteiger partial charge in [-0.15, -0.1) is 0 Å². The molecule has 2 aromatic carbocycles. The van der Waals surface area contributed by atoms with Crippen LogP contribution in [-0.2, 0) is 9.59 Å². The van der Waals surface area contributed by atoms with Gasteiger partial charge in [0.15, 0.2) is 0 Å². The third kappa shape index (κ3) is 3.10. The minimum atomic E-state index is -0.832. The first-order valence-corrected chi connectivity index (χ1v) is 9.59. The molecule has 2 N–H and O–H groups in total. The van der Waals surface area contributed by atoms with Gasteiger partial charge in [-0.05, 0) is 61.1 Å². The predicted molar refractivity (Wildman–Crippen MR) is 105 cm³/mol. The van der Waals surface area contributed by atoms with E-state index in [2.05, 4.69) is 5.32 Å². The Balaban J connectivity index is 1.75. The molecule has 2 aliphatic rings. The first-order valence-electron chi connectivity index (χ1n) is 9.21. The van der Waals surface area contributed by atoms with Crippen LogP contribution in [0.15, 0.2) is 48.2 Å². The highest BCUT2D eigenvalue weighted by Gasteiger charge is 2.48. The van der Waals surface area contributed by atoms with E-state index in [0.29, 0.717) is 36.3 Å². The fraction of sp³-hybridized carbons (Fsp3) is 0.273. The molecule has 4 rings (SSSR count). The smallest absolute Gasteiger partial charge is 0.256 e. The van der Waals surface area contributed by atoms with Gasteiger partial charge in [-0.1, -0.05) is 29.8 Å². The van der Waals surface area contributed by atoms with Crippen LogP contribution in [0.25, 0.3) is 16.7 Å². The Morgan fingerprint density at radius 3 is 2.39 bits per heavy atom. The van der Waals surface area contributed by atoms with E-state index in [-0.39, 0.29) is 29.0 Å². The third-order valence-corrected chi connectivity index (χ3v) is 6.09. The van der Waals surface area contributed by atoms with E-state index in [9.17, 15) is 19.1 Å². The first kappa shape index (κ1) is 18.7. The van der Waals surface area contributed by atoms with Gasteiger partial charge >= 0.3 is 0 Å². The van der Waals surface area contributed by atoms with Crippen LogP contribution in [0.2, 0.25) is 5.02 Å². The zero-order valence-corrected chi connectivity index (χ0v) is 15.8. The van der Waals surface area contributed by atoms with Crippen LogP contribution < -0.4 is 5.32 Å². The Kier molecular flexibility index (Phi) is 4.71. The quantitative estimate of drug-likeness (QED) is 0.737. The lowest BCUT2D eigenvalue weighted by Crippen LogP contribution is -2.47. The van der Waals surface area contributed by atoms with Gasteiger partial charge in [-0.25, -0.2) is 4.39 Å². The molecule has 1 amide bonds.